The number of hydrogen-bond donors (Lipinski definition) is 1. The summed E-state index contributed by atoms with van der Waals surface area (Å²) in [4.78, 5) is 14.0. The van der Waals surface area contributed by atoms with Crippen molar-refractivity contribution in [1.29, 1.82) is 0 Å². The van der Waals surface area contributed by atoms with Crippen LogP contribution in [0.3, 0.4) is 0 Å². The number of benzene rings is 1. The number of rotatable bonds is 5. The van der Waals surface area contributed by atoms with Gasteiger partial charge in [-0.15, -0.1) is 0 Å². The van der Waals surface area contributed by atoms with E-state index in [9.17, 15) is 4.79 Å². The van der Waals surface area contributed by atoms with Crippen molar-refractivity contribution in [2.45, 2.75) is 32.4 Å². The van der Waals surface area contributed by atoms with E-state index in [1.54, 1.807) is 6.07 Å². The highest BCUT2D eigenvalue weighted by Crippen LogP contribution is 2.12. The van der Waals surface area contributed by atoms with E-state index >= 15 is 0 Å². The highest BCUT2D eigenvalue weighted by molar-refractivity contribution is 5.89. The molecule has 0 saturated carbocycles. The number of nitrogens with zero attached hydrogens (tertiary/aromatic N) is 1. The summed E-state index contributed by atoms with van der Waals surface area (Å²) in [5, 5.41) is 3.56. The SMILES string of the molecule is CCC[C@H]1CN(Cc2cccc(C(=O)OC)c2)CCN1. The molecule has 0 aliphatic carbocycles. The smallest absolute Gasteiger partial charge is 0.337 e. The maximum absolute atomic E-state index is 11.5. The first-order valence-electron chi connectivity index (χ1n) is 7.36. The van der Waals surface area contributed by atoms with Crippen LogP contribution >= 0.6 is 0 Å². The normalized spacial score (nSPS) is 19.8. The third-order valence-corrected chi connectivity index (χ3v) is 3.73. The minimum Gasteiger partial charge on any atom is -0.465 e. The Bertz CT molecular complexity index is 446. The third kappa shape index (κ3) is 4.05. The van der Waals surface area contributed by atoms with Crippen LogP contribution in [0, 0.1) is 0 Å². The van der Waals surface area contributed by atoms with Gasteiger partial charge in [0.25, 0.3) is 0 Å². The minimum atomic E-state index is -0.268. The van der Waals surface area contributed by atoms with Crippen LogP contribution in [0.2, 0.25) is 0 Å². The van der Waals surface area contributed by atoms with Crippen molar-refractivity contribution < 1.29 is 9.53 Å². The standard InChI is InChI=1S/C16H24N2O2/c1-3-5-15-12-18(9-8-17-15)11-13-6-4-7-14(10-13)16(19)20-2/h4,6-7,10,15,17H,3,5,8-9,11-12H2,1-2H3/t15-/m0/s1. The van der Waals surface area contributed by atoms with Crippen LogP contribution in [-0.4, -0.2) is 43.7 Å². The Morgan fingerprint density at radius 1 is 1.50 bits per heavy atom. The number of carbonyl (C=O) groups excluding carboxylic acids is 1. The van der Waals surface area contributed by atoms with E-state index in [4.69, 9.17) is 4.74 Å². The zero-order valence-corrected chi connectivity index (χ0v) is 12.4. The zero-order chi connectivity index (χ0) is 14.4. The van der Waals surface area contributed by atoms with Gasteiger partial charge in [-0.25, -0.2) is 4.79 Å². The van der Waals surface area contributed by atoms with Crippen LogP contribution in [0.15, 0.2) is 24.3 Å². The van der Waals surface area contributed by atoms with Gasteiger partial charge in [0.15, 0.2) is 0 Å². The third-order valence-electron chi connectivity index (χ3n) is 3.73. The Morgan fingerprint density at radius 2 is 2.35 bits per heavy atom. The van der Waals surface area contributed by atoms with E-state index < -0.39 is 0 Å². The second-order valence-corrected chi connectivity index (χ2v) is 5.37. The highest BCUT2D eigenvalue weighted by atomic mass is 16.5. The summed E-state index contributed by atoms with van der Waals surface area (Å²) in [5.74, 6) is -0.268. The second-order valence-electron chi connectivity index (χ2n) is 5.37. The van der Waals surface area contributed by atoms with Crippen molar-refractivity contribution in [1.82, 2.24) is 10.2 Å². The van der Waals surface area contributed by atoms with Crippen molar-refractivity contribution in [3.8, 4) is 0 Å². The molecule has 1 aliphatic rings. The molecule has 0 aromatic heterocycles. The molecule has 0 unspecified atom stereocenters. The van der Waals surface area contributed by atoms with Crippen molar-refractivity contribution in [3.05, 3.63) is 35.4 Å². The van der Waals surface area contributed by atoms with Crippen molar-refractivity contribution >= 4 is 5.97 Å². The summed E-state index contributed by atoms with van der Waals surface area (Å²) in [7, 11) is 1.42. The van der Waals surface area contributed by atoms with Crippen molar-refractivity contribution in [2.24, 2.45) is 0 Å². The monoisotopic (exact) mass is 276 g/mol. The van der Waals surface area contributed by atoms with Gasteiger partial charge in [0, 0.05) is 32.2 Å². The summed E-state index contributed by atoms with van der Waals surface area (Å²) >= 11 is 0. The Hall–Kier alpha value is -1.39. The maximum atomic E-state index is 11.5. The van der Waals surface area contributed by atoms with Gasteiger partial charge in [0.05, 0.1) is 12.7 Å². The summed E-state index contributed by atoms with van der Waals surface area (Å²) < 4.78 is 4.77. The molecule has 1 N–H and O–H groups in total. The van der Waals surface area contributed by atoms with Gasteiger partial charge in [-0.05, 0) is 24.1 Å². The number of nitrogens with one attached hydrogen (secondary N) is 1. The quantitative estimate of drug-likeness (QED) is 0.836. The van der Waals surface area contributed by atoms with Crippen molar-refractivity contribution in [3.63, 3.8) is 0 Å². The fourth-order valence-corrected chi connectivity index (χ4v) is 2.75. The molecular weight excluding hydrogens is 252 g/mol. The number of esters is 1. The number of ether oxygens (including phenoxy) is 1. The van der Waals surface area contributed by atoms with E-state index in [1.807, 2.05) is 12.1 Å². The molecule has 0 bridgehead atoms. The Labute approximate surface area is 121 Å². The van der Waals surface area contributed by atoms with Gasteiger partial charge in [0.2, 0.25) is 0 Å². The molecule has 0 radical (unpaired) electrons. The molecule has 1 fully saturated rings. The van der Waals surface area contributed by atoms with Crippen LogP contribution in [0.4, 0.5) is 0 Å². The molecule has 0 amide bonds. The molecule has 0 spiro atoms. The van der Waals surface area contributed by atoms with Gasteiger partial charge in [-0.2, -0.15) is 0 Å². The summed E-state index contributed by atoms with van der Waals surface area (Å²) in [5.41, 5.74) is 1.80. The highest BCUT2D eigenvalue weighted by Gasteiger charge is 2.18. The average molecular weight is 276 g/mol. The number of hydrogen-bond acceptors (Lipinski definition) is 4. The van der Waals surface area contributed by atoms with E-state index in [2.05, 4.69) is 23.2 Å². The van der Waals surface area contributed by atoms with Crippen LogP contribution in [0.1, 0.15) is 35.7 Å². The Balaban J connectivity index is 1.97. The molecule has 110 valence electrons. The predicted octanol–water partition coefficient (Wildman–Crippen LogP) is 2.05. The number of methoxy groups -OCH3 is 1. The first-order valence-corrected chi connectivity index (χ1v) is 7.36. The van der Waals surface area contributed by atoms with E-state index in [1.165, 1.54) is 25.5 Å². The van der Waals surface area contributed by atoms with Crippen LogP contribution in [0.5, 0.6) is 0 Å². The predicted molar refractivity (Wildman–Crippen MR) is 79.8 cm³/mol. The first kappa shape index (κ1) is 15.0. The molecule has 2 rings (SSSR count). The molecule has 4 heteroatoms. The maximum Gasteiger partial charge on any atom is 0.337 e. The summed E-state index contributed by atoms with van der Waals surface area (Å²) in [6.07, 6.45) is 2.43. The molecular formula is C16H24N2O2. The molecule has 20 heavy (non-hydrogen) atoms. The molecule has 1 aromatic carbocycles. The van der Waals surface area contributed by atoms with E-state index in [0.29, 0.717) is 11.6 Å². The van der Waals surface area contributed by atoms with Crippen LogP contribution in [0.25, 0.3) is 0 Å². The average Bonchev–Trinajstić information content (AvgIpc) is 2.47. The fourth-order valence-electron chi connectivity index (χ4n) is 2.75. The lowest BCUT2D eigenvalue weighted by molar-refractivity contribution is 0.0600. The second kappa shape index (κ2) is 7.41. The largest absolute Gasteiger partial charge is 0.465 e. The number of piperazine rings is 1. The van der Waals surface area contributed by atoms with Crippen LogP contribution < -0.4 is 5.32 Å². The van der Waals surface area contributed by atoms with Gasteiger partial charge in [0.1, 0.15) is 0 Å². The lowest BCUT2D eigenvalue weighted by atomic mass is 10.1. The fraction of sp³-hybridized carbons (Fsp3) is 0.562. The van der Waals surface area contributed by atoms with Gasteiger partial charge in [-0.3, -0.25) is 4.90 Å². The molecule has 1 saturated heterocycles. The number of carbonyl (C=O) groups is 1. The van der Waals surface area contributed by atoms with Crippen molar-refractivity contribution in [2.75, 3.05) is 26.7 Å². The Kier molecular flexibility index (Phi) is 5.56. The molecule has 1 atom stereocenters. The van der Waals surface area contributed by atoms with E-state index in [-0.39, 0.29) is 5.97 Å². The minimum absolute atomic E-state index is 0.268. The molecule has 4 nitrogen and oxygen atoms in total. The summed E-state index contributed by atoms with van der Waals surface area (Å²) in [6, 6.07) is 8.32. The molecule has 1 aliphatic heterocycles. The first-order chi connectivity index (χ1) is 9.72. The lowest BCUT2D eigenvalue weighted by Crippen LogP contribution is -2.50. The Morgan fingerprint density at radius 3 is 3.10 bits per heavy atom. The van der Waals surface area contributed by atoms with Gasteiger partial charge >= 0.3 is 5.97 Å². The zero-order valence-electron chi connectivity index (χ0n) is 12.4. The molecule has 1 heterocycles. The van der Waals surface area contributed by atoms with E-state index in [0.717, 1.165) is 26.2 Å². The van der Waals surface area contributed by atoms with Crippen LogP contribution in [-0.2, 0) is 11.3 Å². The van der Waals surface area contributed by atoms with Gasteiger partial charge in [-0.1, -0.05) is 25.5 Å². The van der Waals surface area contributed by atoms with Gasteiger partial charge < -0.3 is 10.1 Å². The lowest BCUT2D eigenvalue weighted by Gasteiger charge is -2.33. The topological polar surface area (TPSA) is 41.6 Å². The summed E-state index contributed by atoms with van der Waals surface area (Å²) in [6.45, 7) is 6.30. The molecule has 1 aromatic rings.